The Kier molecular flexibility index (Phi) is 10.9. The summed E-state index contributed by atoms with van der Waals surface area (Å²) in [6.45, 7) is 14.9. The van der Waals surface area contributed by atoms with Crippen molar-refractivity contribution < 1.29 is 19.1 Å². The number of rotatable bonds is 10. The highest BCUT2D eigenvalue weighted by Crippen LogP contribution is 2.31. The van der Waals surface area contributed by atoms with Gasteiger partial charge < -0.3 is 20.3 Å². The highest BCUT2D eigenvalue weighted by Gasteiger charge is 2.37. The summed E-state index contributed by atoms with van der Waals surface area (Å²) in [5.74, 6) is -0.898. The van der Waals surface area contributed by atoms with E-state index in [2.05, 4.69) is 17.2 Å². The van der Waals surface area contributed by atoms with Gasteiger partial charge in [-0.1, -0.05) is 83.9 Å². The molecule has 0 fully saturated rings. The summed E-state index contributed by atoms with van der Waals surface area (Å²) in [5.41, 5.74) is 3.83. The first kappa shape index (κ1) is 32.4. The van der Waals surface area contributed by atoms with Crippen LogP contribution in [-0.2, 0) is 20.7 Å². The van der Waals surface area contributed by atoms with Crippen LogP contribution in [0, 0.1) is 20.8 Å². The van der Waals surface area contributed by atoms with Crippen LogP contribution in [-0.4, -0.2) is 41.0 Å². The third-order valence-electron chi connectivity index (χ3n) is 6.63. The van der Waals surface area contributed by atoms with Crippen molar-refractivity contribution in [1.29, 1.82) is 0 Å². The number of hydrogen-bond donors (Lipinski definition) is 2. The van der Waals surface area contributed by atoms with Crippen LogP contribution in [0.1, 0.15) is 54.6 Å². The summed E-state index contributed by atoms with van der Waals surface area (Å²) < 4.78 is 5.49. The van der Waals surface area contributed by atoms with Crippen molar-refractivity contribution in [3.05, 3.63) is 112 Å². The van der Waals surface area contributed by atoms with Gasteiger partial charge in [-0.2, -0.15) is 0 Å². The fourth-order valence-corrected chi connectivity index (χ4v) is 5.00. The fourth-order valence-electron chi connectivity index (χ4n) is 4.73. The first-order valence-corrected chi connectivity index (χ1v) is 14.3. The maximum absolute atomic E-state index is 14.4. The number of alkyl carbamates (subject to hydrolysis) is 1. The van der Waals surface area contributed by atoms with Crippen LogP contribution in [0.25, 0.3) is 0 Å². The summed E-state index contributed by atoms with van der Waals surface area (Å²) in [5, 5.41) is 6.11. The summed E-state index contributed by atoms with van der Waals surface area (Å²) in [7, 11) is 0. The van der Waals surface area contributed by atoms with Gasteiger partial charge >= 0.3 is 6.09 Å². The van der Waals surface area contributed by atoms with E-state index in [1.165, 1.54) is 4.90 Å². The smallest absolute Gasteiger partial charge is 0.408 e. The number of hydrogen-bond acceptors (Lipinski definition) is 4. The molecular weight excluding hydrogens is 550 g/mol. The highest BCUT2D eigenvalue weighted by molar-refractivity contribution is 6.34. The number of halogens is 1. The van der Waals surface area contributed by atoms with Crippen LogP contribution in [0.3, 0.4) is 0 Å². The summed E-state index contributed by atoms with van der Waals surface area (Å²) >= 11 is 6.46. The van der Waals surface area contributed by atoms with Crippen molar-refractivity contribution in [2.75, 3.05) is 11.9 Å². The standard InChI is InChI=1S/C34H40ClN3O4/c1-8-19-38(32(40)28(21-25-14-10-9-11-15-25)36-33(41)42-34(5,6)7)30(26-18-17-22(2)20-24(26)4)31(39)37-29-23(3)13-12-16-27(29)35/h8-18,20,28,30H,1,19,21H2,2-7H3,(H,36,41)(H,37,39). The van der Waals surface area contributed by atoms with Crippen molar-refractivity contribution >= 4 is 35.2 Å². The zero-order valence-corrected chi connectivity index (χ0v) is 25.9. The zero-order chi connectivity index (χ0) is 31.0. The van der Waals surface area contributed by atoms with Crippen molar-refractivity contribution in [1.82, 2.24) is 10.2 Å². The lowest BCUT2D eigenvalue weighted by Gasteiger charge is -2.34. The van der Waals surface area contributed by atoms with Crippen molar-refractivity contribution in [3.8, 4) is 0 Å². The van der Waals surface area contributed by atoms with Gasteiger partial charge in [0.2, 0.25) is 5.91 Å². The lowest BCUT2D eigenvalue weighted by molar-refractivity contribution is -0.140. The molecule has 3 aromatic rings. The SMILES string of the molecule is C=CCN(C(=O)C(Cc1ccccc1)NC(=O)OC(C)(C)C)C(C(=O)Nc1c(C)cccc1Cl)c1ccc(C)cc1C. The molecule has 0 bridgehead atoms. The van der Waals surface area contributed by atoms with Crippen LogP contribution >= 0.6 is 11.6 Å². The Morgan fingerprint density at radius 3 is 2.26 bits per heavy atom. The lowest BCUT2D eigenvalue weighted by atomic mass is 9.95. The highest BCUT2D eigenvalue weighted by atomic mass is 35.5. The molecule has 0 saturated heterocycles. The Morgan fingerprint density at radius 1 is 0.976 bits per heavy atom. The number of anilines is 1. The molecule has 0 aliphatic carbocycles. The van der Waals surface area contributed by atoms with Crippen molar-refractivity contribution in [2.45, 2.75) is 65.6 Å². The molecular formula is C34H40ClN3O4. The number of carbonyl (C=O) groups excluding carboxylic acids is 3. The van der Waals surface area contributed by atoms with E-state index in [9.17, 15) is 14.4 Å². The first-order valence-electron chi connectivity index (χ1n) is 13.9. The number of nitrogens with zero attached hydrogens (tertiary/aromatic N) is 1. The average molecular weight is 590 g/mol. The van der Waals surface area contributed by atoms with Crippen LogP contribution in [0.4, 0.5) is 10.5 Å². The minimum absolute atomic E-state index is 0.0486. The van der Waals surface area contributed by atoms with Gasteiger partial charge in [0.1, 0.15) is 17.7 Å². The molecule has 0 aromatic heterocycles. The third kappa shape index (κ3) is 8.70. The van der Waals surface area contributed by atoms with Gasteiger partial charge in [0.05, 0.1) is 10.7 Å². The minimum Gasteiger partial charge on any atom is -0.444 e. The number of benzene rings is 3. The number of nitrogens with one attached hydrogen (secondary N) is 2. The Morgan fingerprint density at radius 2 is 1.67 bits per heavy atom. The Hall–Kier alpha value is -4.10. The number of para-hydroxylation sites is 1. The van der Waals surface area contributed by atoms with E-state index in [4.69, 9.17) is 16.3 Å². The van der Waals surface area contributed by atoms with Crippen molar-refractivity contribution in [2.24, 2.45) is 0 Å². The largest absolute Gasteiger partial charge is 0.444 e. The predicted molar refractivity (Wildman–Crippen MR) is 169 cm³/mol. The number of aryl methyl sites for hydroxylation is 3. The molecule has 3 aromatic carbocycles. The van der Waals surface area contributed by atoms with E-state index >= 15 is 0 Å². The first-order chi connectivity index (χ1) is 19.8. The minimum atomic E-state index is -1.05. The second kappa shape index (κ2) is 14.2. The van der Waals surface area contributed by atoms with Crippen LogP contribution in [0.2, 0.25) is 5.02 Å². The van der Waals surface area contributed by atoms with Gasteiger partial charge in [0.25, 0.3) is 5.91 Å². The number of amides is 3. The van der Waals surface area contributed by atoms with Gasteiger partial charge in [-0.25, -0.2) is 4.79 Å². The molecule has 3 amide bonds. The summed E-state index contributed by atoms with van der Waals surface area (Å²) in [6, 6.07) is 18.4. The van der Waals surface area contributed by atoms with Crippen LogP contribution < -0.4 is 10.6 Å². The second-order valence-corrected chi connectivity index (χ2v) is 11.8. The van der Waals surface area contributed by atoms with Gasteiger partial charge in [-0.15, -0.1) is 6.58 Å². The predicted octanol–water partition coefficient (Wildman–Crippen LogP) is 7.10. The molecule has 8 heteroatoms. The number of carbonyl (C=O) groups is 3. The zero-order valence-electron chi connectivity index (χ0n) is 25.2. The number of ether oxygens (including phenoxy) is 1. The van der Waals surface area contributed by atoms with Gasteiger partial charge in [-0.05, 0) is 69.9 Å². The third-order valence-corrected chi connectivity index (χ3v) is 6.95. The molecule has 2 N–H and O–H groups in total. The molecule has 2 unspecified atom stereocenters. The Labute approximate surface area is 253 Å². The lowest BCUT2D eigenvalue weighted by Crippen LogP contribution is -2.53. The Balaban J connectivity index is 2.10. The molecule has 0 aliphatic heterocycles. The molecule has 42 heavy (non-hydrogen) atoms. The molecule has 0 radical (unpaired) electrons. The van der Waals surface area contributed by atoms with Crippen LogP contribution in [0.5, 0.6) is 0 Å². The maximum Gasteiger partial charge on any atom is 0.408 e. The van der Waals surface area contributed by atoms with E-state index in [-0.39, 0.29) is 13.0 Å². The molecule has 0 spiro atoms. The van der Waals surface area contributed by atoms with Gasteiger partial charge in [0, 0.05) is 13.0 Å². The molecule has 0 heterocycles. The van der Waals surface area contributed by atoms with E-state index in [1.54, 1.807) is 39.0 Å². The summed E-state index contributed by atoms with van der Waals surface area (Å²) in [6.07, 6.45) is 1.03. The van der Waals surface area contributed by atoms with E-state index in [0.29, 0.717) is 16.3 Å². The molecule has 2 atom stereocenters. The van der Waals surface area contributed by atoms with Crippen LogP contribution in [0.15, 0.2) is 79.4 Å². The monoisotopic (exact) mass is 589 g/mol. The summed E-state index contributed by atoms with van der Waals surface area (Å²) in [4.78, 5) is 42.9. The second-order valence-electron chi connectivity index (χ2n) is 11.4. The van der Waals surface area contributed by atoms with Gasteiger partial charge in [0.15, 0.2) is 0 Å². The molecule has 7 nitrogen and oxygen atoms in total. The fraction of sp³-hybridized carbons (Fsp3) is 0.324. The average Bonchev–Trinajstić information content (AvgIpc) is 2.90. The molecule has 222 valence electrons. The normalized spacial score (nSPS) is 12.5. The van der Waals surface area contributed by atoms with E-state index in [0.717, 1.165) is 22.3 Å². The maximum atomic E-state index is 14.4. The van der Waals surface area contributed by atoms with Crippen molar-refractivity contribution in [3.63, 3.8) is 0 Å². The molecule has 0 aliphatic rings. The van der Waals surface area contributed by atoms with E-state index in [1.807, 2.05) is 75.4 Å². The van der Waals surface area contributed by atoms with E-state index < -0.39 is 35.6 Å². The van der Waals surface area contributed by atoms with Gasteiger partial charge in [-0.3, -0.25) is 9.59 Å². The molecule has 0 saturated carbocycles. The topological polar surface area (TPSA) is 87.7 Å². The quantitative estimate of drug-likeness (QED) is 0.247. The Bertz CT molecular complexity index is 1410. The molecule has 3 rings (SSSR count).